The van der Waals surface area contributed by atoms with Crippen LogP contribution in [0.1, 0.15) is 12.0 Å². The third-order valence-electron chi connectivity index (χ3n) is 3.28. The lowest BCUT2D eigenvalue weighted by Crippen LogP contribution is -2.39. The number of rotatable bonds is 5. The van der Waals surface area contributed by atoms with Gasteiger partial charge in [0.15, 0.2) is 0 Å². The van der Waals surface area contributed by atoms with Gasteiger partial charge in [-0.1, -0.05) is 30.4 Å². The highest BCUT2D eigenvalue weighted by atomic mass is 32.2. The highest BCUT2D eigenvalue weighted by Gasteiger charge is 2.43. The monoisotopic (exact) mass is 307 g/mol. The number of carbonyl (C=O) groups is 1. The molecule has 1 aromatic rings. The molecule has 0 bridgehead atoms. The number of nitrogens with zero attached hydrogens (tertiary/aromatic N) is 1. The van der Waals surface area contributed by atoms with Crippen molar-refractivity contribution in [2.75, 3.05) is 6.61 Å². The van der Waals surface area contributed by atoms with Crippen LogP contribution in [0, 0.1) is 6.92 Å². The highest BCUT2D eigenvalue weighted by Crippen LogP contribution is 2.28. The minimum atomic E-state index is -3.95. The maximum absolute atomic E-state index is 12.6. The zero-order valence-electron chi connectivity index (χ0n) is 11.8. The second kappa shape index (κ2) is 5.73. The van der Waals surface area contributed by atoms with Crippen molar-refractivity contribution in [2.24, 2.45) is 0 Å². The number of benzene rings is 1. The van der Waals surface area contributed by atoms with Crippen molar-refractivity contribution in [2.45, 2.75) is 24.3 Å². The molecule has 1 amide bonds. The molecule has 0 aromatic heterocycles. The van der Waals surface area contributed by atoms with E-state index in [0.717, 1.165) is 9.87 Å². The molecule has 21 heavy (non-hydrogen) atoms. The van der Waals surface area contributed by atoms with Crippen molar-refractivity contribution in [1.29, 1.82) is 0 Å². The number of aryl methyl sites for hydroxylation is 1. The van der Waals surface area contributed by atoms with Crippen LogP contribution in [-0.4, -0.2) is 31.5 Å². The van der Waals surface area contributed by atoms with Crippen LogP contribution in [0.25, 0.3) is 0 Å². The van der Waals surface area contributed by atoms with E-state index < -0.39 is 22.2 Å². The van der Waals surface area contributed by atoms with E-state index >= 15 is 0 Å². The van der Waals surface area contributed by atoms with Crippen molar-refractivity contribution in [3.63, 3.8) is 0 Å². The summed E-state index contributed by atoms with van der Waals surface area (Å²) in [5.74, 6) is 0. The summed E-state index contributed by atoms with van der Waals surface area (Å²) >= 11 is 0. The molecule has 0 radical (unpaired) electrons. The molecular weight excluding hydrogens is 290 g/mol. The molecule has 2 rings (SSSR count). The molecule has 1 unspecified atom stereocenters. The molecule has 1 aliphatic rings. The van der Waals surface area contributed by atoms with Crippen LogP contribution in [0.15, 0.2) is 54.0 Å². The number of allylic oxidation sites excluding steroid dienone is 1. The summed E-state index contributed by atoms with van der Waals surface area (Å²) in [6.07, 6.45) is 1.16. The Hall–Kier alpha value is -2.08. The maximum atomic E-state index is 12.6. The largest absolute Gasteiger partial charge is 0.446 e. The normalized spacial score (nSPS) is 18.4. The molecule has 0 aliphatic carbocycles. The van der Waals surface area contributed by atoms with Crippen molar-refractivity contribution in [1.82, 2.24) is 4.31 Å². The van der Waals surface area contributed by atoms with Crippen molar-refractivity contribution >= 4 is 16.1 Å². The molecule has 0 spiro atoms. The number of hydrogen-bond donors (Lipinski definition) is 0. The van der Waals surface area contributed by atoms with Crippen LogP contribution in [-0.2, 0) is 14.8 Å². The Labute approximate surface area is 124 Å². The SMILES string of the molecule is C=CCC(=C)C1COC(=O)N1S(=O)(=O)c1ccc(C)cc1. The van der Waals surface area contributed by atoms with Crippen LogP contribution in [0.2, 0.25) is 0 Å². The number of amides is 1. The molecule has 112 valence electrons. The molecule has 1 atom stereocenters. The summed E-state index contributed by atoms with van der Waals surface area (Å²) in [5.41, 5.74) is 1.51. The molecule has 1 aromatic carbocycles. The first kappa shape index (κ1) is 15.3. The first-order valence-corrected chi connectivity index (χ1v) is 7.88. The first-order chi connectivity index (χ1) is 9.87. The van der Waals surface area contributed by atoms with Crippen molar-refractivity contribution in [3.05, 3.63) is 54.6 Å². The van der Waals surface area contributed by atoms with E-state index in [0.29, 0.717) is 12.0 Å². The molecule has 6 heteroatoms. The van der Waals surface area contributed by atoms with Gasteiger partial charge in [-0.25, -0.2) is 13.2 Å². The zero-order valence-corrected chi connectivity index (χ0v) is 12.6. The average molecular weight is 307 g/mol. The van der Waals surface area contributed by atoms with Gasteiger partial charge in [0.25, 0.3) is 10.0 Å². The van der Waals surface area contributed by atoms with E-state index in [1.54, 1.807) is 18.2 Å². The third-order valence-corrected chi connectivity index (χ3v) is 5.07. The van der Waals surface area contributed by atoms with Crippen molar-refractivity contribution in [3.8, 4) is 0 Å². The summed E-state index contributed by atoms with van der Waals surface area (Å²) in [7, 11) is -3.95. The van der Waals surface area contributed by atoms with E-state index in [2.05, 4.69) is 13.2 Å². The quantitative estimate of drug-likeness (QED) is 0.784. The predicted molar refractivity (Wildman–Crippen MR) is 79.3 cm³/mol. The Morgan fingerprint density at radius 2 is 2.05 bits per heavy atom. The fourth-order valence-corrected chi connectivity index (χ4v) is 3.60. The van der Waals surface area contributed by atoms with Gasteiger partial charge in [-0.05, 0) is 31.1 Å². The molecule has 1 aliphatic heterocycles. The van der Waals surface area contributed by atoms with Gasteiger partial charge < -0.3 is 4.74 Å². The minimum Gasteiger partial charge on any atom is -0.446 e. The van der Waals surface area contributed by atoms with Gasteiger partial charge in [-0.15, -0.1) is 6.58 Å². The standard InChI is InChI=1S/C15H17NO4S/c1-4-5-12(3)14-10-20-15(17)16(14)21(18,19)13-8-6-11(2)7-9-13/h4,6-9,14H,1,3,5,10H2,2H3. The summed E-state index contributed by atoms with van der Waals surface area (Å²) in [6.45, 7) is 9.25. The third kappa shape index (κ3) is 2.85. The van der Waals surface area contributed by atoms with Crippen LogP contribution < -0.4 is 0 Å². The minimum absolute atomic E-state index is 0.0173. The molecule has 1 saturated heterocycles. The van der Waals surface area contributed by atoms with Gasteiger partial charge in [0.05, 0.1) is 4.90 Å². The molecule has 1 fully saturated rings. The van der Waals surface area contributed by atoms with Crippen LogP contribution in [0.4, 0.5) is 4.79 Å². The number of cyclic esters (lactones) is 1. The zero-order chi connectivity index (χ0) is 15.6. The number of hydrogen-bond acceptors (Lipinski definition) is 4. The summed E-state index contributed by atoms with van der Waals surface area (Å²) < 4.78 is 30.9. The van der Waals surface area contributed by atoms with Gasteiger partial charge in [-0.3, -0.25) is 0 Å². The van der Waals surface area contributed by atoms with Gasteiger partial charge in [0, 0.05) is 0 Å². The topological polar surface area (TPSA) is 63.7 Å². The van der Waals surface area contributed by atoms with E-state index in [4.69, 9.17) is 4.74 Å². The predicted octanol–water partition coefficient (Wildman–Crippen LogP) is 2.64. The summed E-state index contributed by atoms with van der Waals surface area (Å²) in [5, 5.41) is 0. The Morgan fingerprint density at radius 3 is 2.62 bits per heavy atom. The fourth-order valence-electron chi connectivity index (χ4n) is 2.10. The lowest BCUT2D eigenvalue weighted by atomic mass is 10.1. The maximum Gasteiger partial charge on any atom is 0.424 e. The van der Waals surface area contributed by atoms with Crippen LogP contribution in [0.5, 0.6) is 0 Å². The van der Waals surface area contributed by atoms with Crippen LogP contribution in [0.3, 0.4) is 0 Å². The Morgan fingerprint density at radius 1 is 1.43 bits per heavy atom. The average Bonchev–Trinajstić information content (AvgIpc) is 2.82. The molecular formula is C15H17NO4S. The Bertz CT molecular complexity index is 676. The molecule has 5 nitrogen and oxygen atoms in total. The second-order valence-corrected chi connectivity index (χ2v) is 6.67. The fraction of sp³-hybridized carbons (Fsp3) is 0.267. The van der Waals surface area contributed by atoms with E-state index in [1.165, 1.54) is 12.1 Å². The summed E-state index contributed by atoms with van der Waals surface area (Å²) in [6, 6.07) is 5.62. The van der Waals surface area contributed by atoms with Crippen LogP contribution >= 0.6 is 0 Å². The number of carbonyl (C=O) groups excluding carboxylic acids is 1. The Kier molecular flexibility index (Phi) is 4.18. The van der Waals surface area contributed by atoms with E-state index in [-0.39, 0.29) is 11.5 Å². The first-order valence-electron chi connectivity index (χ1n) is 6.44. The lowest BCUT2D eigenvalue weighted by Gasteiger charge is -2.22. The molecule has 1 heterocycles. The second-order valence-electron chi connectivity index (χ2n) is 4.86. The van der Waals surface area contributed by atoms with Gasteiger partial charge in [0.1, 0.15) is 12.6 Å². The Balaban J connectivity index is 2.40. The lowest BCUT2D eigenvalue weighted by molar-refractivity contribution is 0.170. The number of ether oxygens (including phenoxy) is 1. The summed E-state index contributed by atoms with van der Waals surface area (Å²) in [4.78, 5) is 11.9. The van der Waals surface area contributed by atoms with Gasteiger partial charge >= 0.3 is 6.09 Å². The van der Waals surface area contributed by atoms with Gasteiger partial charge in [0.2, 0.25) is 0 Å². The number of sulfonamides is 1. The smallest absolute Gasteiger partial charge is 0.424 e. The highest BCUT2D eigenvalue weighted by molar-refractivity contribution is 7.89. The van der Waals surface area contributed by atoms with E-state index in [1.807, 2.05) is 6.92 Å². The van der Waals surface area contributed by atoms with Crippen molar-refractivity contribution < 1.29 is 17.9 Å². The van der Waals surface area contributed by atoms with Gasteiger partial charge in [-0.2, -0.15) is 4.31 Å². The molecule has 0 saturated carbocycles. The van der Waals surface area contributed by atoms with E-state index in [9.17, 15) is 13.2 Å². The molecule has 0 N–H and O–H groups in total.